The first-order valence-corrected chi connectivity index (χ1v) is 8.29. The molecule has 0 heterocycles. The van der Waals surface area contributed by atoms with Gasteiger partial charge in [-0.1, -0.05) is 27.5 Å². The molecule has 0 saturated carbocycles. The van der Waals surface area contributed by atoms with E-state index in [4.69, 9.17) is 16.7 Å². The Balaban J connectivity index is 2.16. The number of halogens is 3. The van der Waals surface area contributed by atoms with Gasteiger partial charge in [-0.2, -0.15) is 0 Å². The zero-order chi connectivity index (χ0) is 18.4. The summed E-state index contributed by atoms with van der Waals surface area (Å²) in [6.45, 7) is -0.196. The maximum Gasteiger partial charge on any atom is 0.323 e. The molecule has 2 rings (SSSR count). The van der Waals surface area contributed by atoms with E-state index < -0.39 is 17.8 Å². The van der Waals surface area contributed by atoms with Gasteiger partial charge in [0.15, 0.2) is 0 Å². The summed E-state index contributed by atoms with van der Waals surface area (Å²) in [5, 5.41) is 16.6. The Labute approximate surface area is 156 Å². The lowest BCUT2D eigenvalue weighted by Crippen LogP contribution is -2.28. The number of amides is 3. The molecule has 2 aromatic carbocycles. The molecule has 0 spiro atoms. The van der Waals surface area contributed by atoms with Crippen LogP contribution in [0.2, 0.25) is 5.02 Å². The third-order valence-corrected chi connectivity index (χ3v) is 3.67. The first-order valence-electron chi connectivity index (χ1n) is 7.12. The molecule has 2 aromatic rings. The number of benzene rings is 2. The number of nitrogens with one attached hydrogen (secondary N) is 3. The molecule has 0 saturated heterocycles. The van der Waals surface area contributed by atoms with Crippen molar-refractivity contribution in [3.05, 3.63) is 57.3 Å². The van der Waals surface area contributed by atoms with E-state index in [2.05, 4.69) is 31.9 Å². The Morgan fingerprint density at radius 1 is 1.16 bits per heavy atom. The number of urea groups is 1. The summed E-state index contributed by atoms with van der Waals surface area (Å²) in [5.41, 5.74) is 0.478. The summed E-state index contributed by atoms with van der Waals surface area (Å²) in [4.78, 5) is 24.2. The number of anilines is 2. The van der Waals surface area contributed by atoms with Crippen LogP contribution in [-0.4, -0.2) is 30.2 Å². The van der Waals surface area contributed by atoms with Crippen LogP contribution in [0.25, 0.3) is 0 Å². The molecule has 132 valence electrons. The van der Waals surface area contributed by atoms with Crippen molar-refractivity contribution in [3.8, 4) is 0 Å². The normalized spacial score (nSPS) is 10.2. The van der Waals surface area contributed by atoms with Crippen LogP contribution in [-0.2, 0) is 0 Å². The number of carbonyl (C=O) groups is 2. The fourth-order valence-electron chi connectivity index (χ4n) is 1.99. The fraction of sp³-hybridized carbons (Fsp3) is 0.125. The van der Waals surface area contributed by atoms with Gasteiger partial charge in [-0.3, -0.25) is 4.79 Å². The second-order valence-electron chi connectivity index (χ2n) is 4.91. The van der Waals surface area contributed by atoms with Crippen LogP contribution in [0.1, 0.15) is 10.4 Å². The predicted molar refractivity (Wildman–Crippen MR) is 97.6 cm³/mol. The molecule has 9 heteroatoms. The molecule has 0 aliphatic heterocycles. The van der Waals surface area contributed by atoms with E-state index in [1.54, 1.807) is 12.1 Å². The summed E-state index contributed by atoms with van der Waals surface area (Å²) >= 11 is 9.16. The van der Waals surface area contributed by atoms with E-state index in [1.807, 2.05) is 0 Å². The first-order chi connectivity index (χ1) is 11.9. The van der Waals surface area contributed by atoms with Crippen molar-refractivity contribution < 1.29 is 19.1 Å². The van der Waals surface area contributed by atoms with Gasteiger partial charge in [0.2, 0.25) is 0 Å². The first kappa shape index (κ1) is 19.2. The van der Waals surface area contributed by atoms with Crippen LogP contribution < -0.4 is 16.0 Å². The molecule has 0 aliphatic carbocycles. The number of carbonyl (C=O) groups excluding carboxylic acids is 2. The molecule has 0 unspecified atom stereocenters. The van der Waals surface area contributed by atoms with Crippen molar-refractivity contribution in [3.63, 3.8) is 0 Å². The average Bonchev–Trinajstić information content (AvgIpc) is 2.51. The van der Waals surface area contributed by atoms with Crippen molar-refractivity contribution in [1.82, 2.24) is 5.32 Å². The number of rotatable bonds is 5. The minimum absolute atomic E-state index is 0.00552. The highest BCUT2D eigenvalue weighted by Crippen LogP contribution is 2.23. The van der Waals surface area contributed by atoms with E-state index in [9.17, 15) is 14.0 Å². The van der Waals surface area contributed by atoms with E-state index in [0.717, 1.165) is 12.1 Å². The van der Waals surface area contributed by atoms with Crippen molar-refractivity contribution in [2.24, 2.45) is 0 Å². The maximum atomic E-state index is 13.5. The monoisotopic (exact) mass is 429 g/mol. The molecule has 0 aliphatic rings. The zero-order valence-corrected chi connectivity index (χ0v) is 15.1. The molecule has 0 aromatic heterocycles. The van der Waals surface area contributed by atoms with Gasteiger partial charge in [0.1, 0.15) is 5.82 Å². The molecule has 6 nitrogen and oxygen atoms in total. The smallest absolute Gasteiger partial charge is 0.323 e. The van der Waals surface area contributed by atoms with Gasteiger partial charge in [0.25, 0.3) is 5.91 Å². The summed E-state index contributed by atoms with van der Waals surface area (Å²) < 4.78 is 14.2. The average molecular weight is 431 g/mol. The number of aliphatic hydroxyl groups is 1. The van der Waals surface area contributed by atoms with Crippen molar-refractivity contribution in [2.45, 2.75) is 0 Å². The summed E-state index contributed by atoms with van der Waals surface area (Å²) in [7, 11) is 0. The lowest BCUT2D eigenvalue weighted by atomic mass is 10.1. The molecule has 4 N–H and O–H groups in total. The van der Waals surface area contributed by atoms with Crippen LogP contribution in [0, 0.1) is 5.82 Å². The Hall–Kier alpha value is -2.16. The Morgan fingerprint density at radius 2 is 1.92 bits per heavy atom. The van der Waals surface area contributed by atoms with Gasteiger partial charge < -0.3 is 21.1 Å². The Bertz CT molecular complexity index is 784. The number of hydrogen-bond acceptors (Lipinski definition) is 3. The molecule has 0 radical (unpaired) electrons. The van der Waals surface area contributed by atoms with E-state index in [0.29, 0.717) is 15.2 Å². The van der Waals surface area contributed by atoms with Gasteiger partial charge in [0.05, 0.1) is 17.9 Å². The lowest BCUT2D eigenvalue weighted by molar-refractivity contribution is 0.0945. The standard InChI is InChI=1S/C16H14BrClFN3O3/c17-9-5-10(18)7-12(6-9)21-16(25)22-14-8-11(19)1-2-13(14)15(24)20-3-4-23/h1-2,5-8,23H,3-4H2,(H,20,24)(H2,21,22,25). The van der Waals surface area contributed by atoms with Crippen molar-refractivity contribution >= 4 is 50.8 Å². The second kappa shape index (κ2) is 8.80. The molecule has 0 atom stereocenters. The minimum atomic E-state index is -0.670. The highest BCUT2D eigenvalue weighted by molar-refractivity contribution is 9.10. The fourth-order valence-corrected chi connectivity index (χ4v) is 2.85. The van der Waals surface area contributed by atoms with E-state index in [1.165, 1.54) is 12.1 Å². The molecule has 25 heavy (non-hydrogen) atoms. The summed E-state index contributed by atoms with van der Waals surface area (Å²) in [5.74, 6) is -1.16. The SMILES string of the molecule is O=C(Nc1cc(Cl)cc(Br)c1)Nc1cc(F)ccc1C(=O)NCCO. The van der Waals surface area contributed by atoms with Crippen LogP contribution in [0.15, 0.2) is 40.9 Å². The van der Waals surface area contributed by atoms with Gasteiger partial charge in [0, 0.05) is 21.7 Å². The van der Waals surface area contributed by atoms with Crippen LogP contribution >= 0.6 is 27.5 Å². The van der Waals surface area contributed by atoms with Gasteiger partial charge in [-0.25, -0.2) is 9.18 Å². The van der Waals surface area contributed by atoms with E-state index >= 15 is 0 Å². The second-order valence-corrected chi connectivity index (χ2v) is 6.26. The van der Waals surface area contributed by atoms with Crippen LogP contribution in [0.3, 0.4) is 0 Å². The summed E-state index contributed by atoms with van der Waals surface area (Å²) in [6, 6.07) is 7.52. The quantitative estimate of drug-likeness (QED) is 0.584. The van der Waals surface area contributed by atoms with Gasteiger partial charge in [-0.05, 0) is 36.4 Å². The highest BCUT2D eigenvalue weighted by Gasteiger charge is 2.14. The third-order valence-electron chi connectivity index (χ3n) is 2.99. The minimum Gasteiger partial charge on any atom is -0.395 e. The van der Waals surface area contributed by atoms with Gasteiger partial charge in [-0.15, -0.1) is 0 Å². The number of hydrogen-bond donors (Lipinski definition) is 4. The Morgan fingerprint density at radius 3 is 2.60 bits per heavy atom. The third kappa shape index (κ3) is 5.70. The Kier molecular flexibility index (Phi) is 6.74. The lowest BCUT2D eigenvalue weighted by Gasteiger charge is -2.12. The largest absolute Gasteiger partial charge is 0.395 e. The van der Waals surface area contributed by atoms with Crippen LogP contribution in [0.5, 0.6) is 0 Å². The zero-order valence-electron chi connectivity index (χ0n) is 12.8. The summed E-state index contributed by atoms with van der Waals surface area (Å²) in [6.07, 6.45) is 0. The highest BCUT2D eigenvalue weighted by atomic mass is 79.9. The molecule has 0 bridgehead atoms. The molecular formula is C16H14BrClFN3O3. The van der Waals surface area contributed by atoms with Crippen molar-refractivity contribution in [2.75, 3.05) is 23.8 Å². The van der Waals surface area contributed by atoms with Crippen LogP contribution in [0.4, 0.5) is 20.6 Å². The number of aliphatic hydroxyl groups excluding tert-OH is 1. The predicted octanol–water partition coefficient (Wildman–Crippen LogP) is 3.61. The maximum absolute atomic E-state index is 13.5. The topological polar surface area (TPSA) is 90.5 Å². The van der Waals surface area contributed by atoms with Crippen molar-refractivity contribution in [1.29, 1.82) is 0 Å². The van der Waals surface area contributed by atoms with Gasteiger partial charge >= 0.3 is 6.03 Å². The molecular weight excluding hydrogens is 417 g/mol. The molecule has 0 fully saturated rings. The molecule has 3 amide bonds. The van der Waals surface area contributed by atoms with E-state index in [-0.39, 0.29) is 24.4 Å².